The van der Waals surface area contributed by atoms with Crippen LogP contribution in [0, 0.1) is 5.92 Å². The molecule has 0 bridgehead atoms. The Kier molecular flexibility index (Phi) is 6.49. The summed E-state index contributed by atoms with van der Waals surface area (Å²) < 4.78 is 0. The minimum Gasteiger partial charge on any atom is -0.356 e. The summed E-state index contributed by atoms with van der Waals surface area (Å²) in [4.78, 5) is 24.4. The molecular formula is C12H24N4O2. The first-order chi connectivity index (χ1) is 8.59. The van der Waals surface area contributed by atoms with Crippen LogP contribution in [-0.4, -0.2) is 56.1 Å². The van der Waals surface area contributed by atoms with Crippen LogP contribution in [0.25, 0.3) is 0 Å². The van der Waals surface area contributed by atoms with E-state index in [0.717, 1.165) is 26.2 Å². The Morgan fingerprint density at radius 1 is 1.44 bits per heavy atom. The first-order valence-corrected chi connectivity index (χ1v) is 6.60. The van der Waals surface area contributed by atoms with Crippen LogP contribution >= 0.6 is 0 Å². The summed E-state index contributed by atoms with van der Waals surface area (Å²) in [5.74, 6) is 0.561. The molecule has 1 rings (SSSR count). The van der Waals surface area contributed by atoms with Crippen LogP contribution in [0.4, 0.5) is 4.79 Å². The lowest BCUT2D eigenvalue weighted by Crippen LogP contribution is -2.36. The molecule has 0 saturated carbocycles. The molecule has 6 nitrogen and oxygen atoms in total. The van der Waals surface area contributed by atoms with Crippen molar-refractivity contribution in [2.24, 2.45) is 5.92 Å². The van der Waals surface area contributed by atoms with Gasteiger partial charge in [-0.3, -0.25) is 4.79 Å². The molecule has 1 aliphatic heterocycles. The van der Waals surface area contributed by atoms with Gasteiger partial charge in [-0.25, -0.2) is 4.79 Å². The van der Waals surface area contributed by atoms with Crippen molar-refractivity contribution < 1.29 is 9.59 Å². The van der Waals surface area contributed by atoms with Crippen molar-refractivity contribution in [3.8, 4) is 0 Å². The fourth-order valence-corrected chi connectivity index (χ4v) is 1.67. The minimum absolute atomic E-state index is 0.00600. The summed E-state index contributed by atoms with van der Waals surface area (Å²) in [6.45, 7) is 8.45. The van der Waals surface area contributed by atoms with E-state index in [2.05, 4.69) is 29.8 Å². The highest BCUT2D eigenvalue weighted by Crippen LogP contribution is 1.94. The number of nitrogens with zero attached hydrogens (tertiary/aromatic N) is 1. The summed E-state index contributed by atoms with van der Waals surface area (Å²) in [6, 6.07) is 0.00600. The van der Waals surface area contributed by atoms with Gasteiger partial charge in [0.2, 0.25) is 5.91 Å². The van der Waals surface area contributed by atoms with Crippen LogP contribution in [0.15, 0.2) is 0 Å². The molecule has 0 radical (unpaired) electrons. The second kappa shape index (κ2) is 7.92. The van der Waals surface area contributed by atoms with Crippen molar-refractivity contribution in [2.45, 2.75) is 20.3 Å². The second-order valence-electron chi connectivity index (χ2n) is 4.92. The lowest BCUT2D eigenvalue weighted by molar-refractivity contribution is -0.121. The van der Waals surface area contributed by atoms with E-state index >= 15 is 0 Å². The van der Waals surface area contributed by atoms with E-state index < -0.39 is 0 Å². The molecule has 3 N–H and O–H groups in total. The van der Waals surface area contributed by atoms with Crippen molar-refractivity contribution in [3.05, 3.63) is 0 Å². The van der Waals surface area contributed by atoms with E-state index in [0.29, 0.717) is 25.4 Å². The van der Waals surface area contributed by atoms with Gasteiger partial charge in [-0.15, -0.1) is 0 Å². The van der Waals surface area contributed by atoms with Gasteiger partial charge >= 0.3 is 6.03 Å². The van der Waals surface area contributed by atoms with E-state index in [1.54, 1.807) is 4.90 Å². The van der Waals surface area contributed by atoms with Crippen molar-refractivity contribution in [2.75, 3.05) is 39.3 Å². The Bertz CT molecular complexity index is 281. The number of urea groups is 1. The average molecular weight is 256 g/mol. The fraction of sp³-hybridized carbons (Fsp3) is 0.833. The Labute approximate surface area is 108 Å². The number of amides is 3. The van der Waals surface area contributed by atoms with Crippen molar-refractivity contribution in [1.29, 1.82) is 0 Å². The molecular weight excluding hydrogens is 232 g/mol. The van der Waals surface area contributed by atoms with Crippen LogP contribution in [-0.2, 0) is 4.79 Å². The summed E-state index contributed by atoms with van der Waals surface area (Å²) in [5, 5.41) is 8.79. The van der Waals surface area contributed by atoms with Crippen LogP contribution in [0.2, 0.25) is 0 Å². The summed E-state index contributed by atoms with van der Waals surface area (Å²) in [6.07, 6.45) is 0.485. The highest BCUT2D eigenvalue weighted by Gasteiger charge is 2.17. The zero-order valence-electron chi connectivity index (χ0n) is 11.3. The number of hydrogen-bond donors (Lipinski definition) is 3. The standard InChI is InChI=1S/C12H24N4O2/c1-10(2)9-15-11(17)3-4-13-5-7-16-8-6-14-12(16)18/h10,13H,3-9H2,1-2H3,(H,14,18)(H,15,17). The minimum atomic E-state index is 0.00600. The summed E-state index contributed by atoms with van der Waals surface area (Å²) >= 11 is 0. The number of carbonyl (C=O) groups excluding carboxylic acids is 2. The van der Waals surface area contributed by atoms with Gasteiger partial charge in [0.15, 0.2) is 0 Å². The second-order valence-corrected chi connectivity index (χ2v) is 4.92. The molecule has 0 unspecified atom stereocenters. The molecule has 18 heavy (non-hydrogen) atoms. The van der Waals surface area contributed by atoms with Crippen molar-refractivity contribution in [3.63, 3.8) is 0 Å². The third-order valence-electron chi connectivity index (χ3n) is 2.74. The molecule has 1 aliphatic rings. The molecule has 1 heterocycles. The molecule has 1 fully saturated rings. The van der Waals surface area contributed by atoms with E-state index in [4.69, 9.17) is 0 Å². The van der Waals surface area contributed by atoms with Gasteiger partial charge in [0.1, 0.15) is 0 Å². The number of hydrogen-bond acceptors (Lipinski definition) is 3. The maximum Gasteiger partial charge on any atom is 0.317 e. The molecule has 1 saturated heterocycles. The third kappa shape index (κ3) is 5.86. The highest BCUT2D eigenvalue weighted by atomic mass is 16.2. The first-order valence-electron chi connectivity index (χ1n) is 6.60. The molecule has 0 spiro atoms. The van der Waals surface area contributed by atoms with Crippen LogP contribution < -0.4 is 16.0 Å². The average Bonchev–Trinajstić information content (AvgIpc) is 2.72. The quantitative estimate of drug-likeness (QED) is 0.525. The van der Waals surface area contributed by atoms with Gasteiger partial charge in [0.25, 0.3) is 0 Å². The third-order valence-corrected chi connectivity index (χ3v) is 2.74. The van der Waals surface area contributed by atoms with E-state index in [1.165, 1.54) is 0 Å². The van der Waals surface area contributed by atoms with Gasteiger partial charge in [0, 0.05) is 45.7 Å². The van der Waals surface area contributed by atoms with Crippen LogP contribution in [0.1, 0.15) is 20.3 Å². The van der Waals surface area contributed by atoms with Gasteiger partial charge in [-0.05, 0) is 5.92 Å². The predicted octanol–water partition coefficient (Wildman–Crippen LogP) is -0.236. The van der Waals surface area contributed by atoms with E-state index in [9.17, 15) is 9.59 Å². The highest BCUT2D eigenvalue weighted by molar-refractivity contribution is 5.76. The molecule has 0 aromatic rings. The van der Waals surface area contributed by atoms with E-state index in [1.807, 2.05) is 0 Å². The largest absolute Gasteiger partial charge is 0.356 e. The smallest absolute Gasteiger partial charge is 0.317 e. The Morgan fingerprint density at radius 3 is 2.83 bits per heavy atom. The summed E-state index contributed by atoms with van der Waals surface area (Å²) in [7, 11) is 0. The maximum absolute atomic E-state index is 11.4. The Balaban J connectivity index is 1.95. The van der Waals surface area contributed by atoms with Crippen molar-refractivity contribution >= 4 is 11.9 Å². The molecule has 0 aromatic heterocycles. The first kappa shape index (κ1) is 14.8. The Morgan fingerprint density at radius 2 is 2.22 bits per heavy atom. The molecule has 0 aliphatic carbocycles. The number of nitrogens with one attached hydrogen (secondary N) is 3. The zero-order chi connectivity index (χ0) is 13.4. The maximum atomic E-state index is 11.4. The molecule has 0 atom stereocenters. The topological polar surface area (TPSA) is 73.5 Å². The monoisotopic (exact) mass is 256 g/mol. The normalized spacial score (nSPS) is 15.1. The molecule has 6 heteroatoms. The zero-order valence-corrected chi connectivity index (χ0v) is 11.3. The van der Waals surface area contributed by atoms with Crippen LogP contribution in [0.5, 0.6) is 0 Å². The van der Waals surface area contributed by atoms with Gasteiger partial charge in [-0.2, -0.15) is 0 Å². The molecule has 0 aromatic carbocycles. The Hall–Kier alpha value is -1.30. The summed E-state index contributed by atoms with van der Waals surface area (Å²) in [5.41, 5.74) is 0. The fourth-order valence-electron chi connectivity index (χ4n) is 1.67. The van der Waals surface area contributed by atoms with Crippen LogP contribution in [0.3, 0.4) is 0 Å². The lowest BCUT2D eigenvalue weighted by Gasteiger charge is -2.14. The predicted molar refractivity (Wildman–Crippen MR) is 70.3 cm³/mol. The van der Waals surface area contributed by atoms with Gasteiger partial charge in [0.05, 0.1) is 0 Å². The van der Waals surface area contributed by atoms with Gasteiger partial charge < -0.3 is 20.9 Å². The SMILES string of the molecule is CC(C)CNC(=O)CCNCCN1CCNC1=O. The van der Waals surface area contributed by atoms with Crippen molar-refractivity contribution in [1.82, 2.24) is 20.9 Å². The molecule has 104 valence electrons. The number of carbonyl (C=O) groups is 2. The van der Waals surface area contributed by atoms with Gasteiger partial charge in [-0.1, -0.05) is 13.8 Å². The molecule has 3 amide bonds. The van der Waals surface area contributed by atoms with E-state index in [-0.39, 0.29) is 11.9 Å². The number of rotatable bonds is 8. The lowest BCUT2D eigenvalue weighted by atomic mass is 10.2.